The summed E-state index contributed by atoms with van der Waals surface area (Å²) in [5.41, 5.74) is 0.824. The van der Waals surface area contributed by atoms with Crippen LogP contribution in [0.4, 0.5) is 10.1 Å². The molecular formula is C17H12FIN2O. The first-order valence-corrected chi connectivity index (χ1v) is 7.89. The third-order valence-electron chi connectivity index (χ3n) is 3.85. The van der Waals surface area contributed by atoms with Crippen LogP contribution >= 0.6 is 22.6 Å². The van der Waals surface area contributed by atoms with Crippen molar-refractivity contribution in [2.45, 2.75) is 18.3 Å². The summed E-state index contributed by atoms with van der Waals surface area (Å²) in [6.45, 7) is 0. The quantitative estimate of drug-likeness (QED) is 0.785. The average Bonchev–Trinajstić information content (AvgIpc) is 3.28. The van der Waals surface area contributed by atoms with Gasteiger partial charge in [-0.25, -0.2) is 4.39 Å². The second kappa shape index (κ2) is 5.69. The van der Waals surface area contributed by atoms with Gasteiger partial charge in [0.25, 0.3) is 0 Å². The summed E-state index contributed by atoms with van der Waals surface area (Å²) >= 11 is 2.18. The van der Waals surface area contributed by atoms with Crippen molar-refractivity contribution in [2.24, 2.45) is 0 Å². The number of anilines is 1. The number of hydrogen-bond acceptors (Lipinski definition) is 2. The summed E-state index contributed by atoms with van der Waals surface area (Å²) in [5.74, 6) is -0.633. The van der Waals surface area contributed by atoms with Crippen molar-refractivity contribution in [2.75, 3.05) is 5.32 Å². The Kier molecular flexibility index (Phi) is 3.87. The van der Waals surface area contributed by atoms with Gasteiger partial charge in [-0.15, -0.1) is 0 Å². The summed E-state index contributed by atoms with van der Waals surface area (Å²) in [6, 6.07) is 13.6. The minimum atomic E-state index is -0.713. The highest BCUT2D eigenvalue weighted by Gasteiger charge is 2.51. The molecule has 1 N–H and O–H groups in total. The highest BCUT2D eigenvalue weighted by Crippen LogP contribution is 2.49. The summed E-state index contributed by atoms with van der Waals surface area (Å²) in [5, 5.41) is 11.9. The summed E-state index contributed by atoms with van der Waals surface area (Å²) in [6.07, 6.45) is 1.33. The number of benzene rings is 2. The Balaban J connectivity index is 1.89. The number of carbonyl (C=O) groups is 1. The van der Waals surface area contributed by atoms with Crippen LogP contribution < -0.4 is 5.32 Å². The lowest BCUT2D eigenvalue weighted by atomic mass is 9.93. The summed E-state index contributed by atoms with van der Waals surface area (Å²) < 4.78 is 14.7. The van der Waals surface area contributed by atoms with E-state index in [4.69, 9.17) is 5.26 Å². The fourth-order valence-corrected chi connectivity index (χ4v) is 3.06. The minimum Gasteiger partial charge on any atom is -0.325 e. The first-order chi connectivity index (χ1) is 10.5. The molecule has 0 aromatic heterocycles. The molecule has 5 heteroatoms. The Morgan fingerprint density at radius 1 is 1.27 bits per heavy atom. The molecule has 0 saturated heterocycles. The van der Waals surface area contributed by atoms with E-state index in [2.05, 4.69) is 27.9 Å². The van der Waals surface area contributed by atoms with Crippen molar-refractivity contribution in [1.82, 2.24) is 0 Å². The molecule has 2 aromatic carbocycles. The Hall–Kier alpha value is -1.94. The van der Waals surface area contributed by atoms with Crippen molar-refractivity contribution in [3.63, 3.8) is 0 Å². The Morgan fingerprint density at radius 3 is 2.68 bits per heavy atom. The number of halogens is 2. The smallest absolute Gasteiger partial charge is 0.235 e. The summed E-state index contributed by atoms with van der Waals surface area (Å²) in [7, 11) is 0. The first-order valence-electron chi connectivity index (χ1n) is 6.82. The highest BCUT2D eigenvalue weighted by molar-refractivity contribution is 14.1. The maximum atomic E-state index is 13.6. The van der Waals surface area contributed by atoms with E-state index < -0.39 is 11.2 Å². The van der Waals surface area contributed by atoms with E-state index in [0.29, 0.717) is 18.4 Å². The monoisotopic (exact) mass is 406 g/mol. The molecule has 1 amide bonds. The normalized spacial score (nSPS) is 15.0. The molecule has 0 unspecified atom stereocenters. The van der Waals surface area contributed by atoms with Crippen molar-refractivity contribution < 1.29 is 9.18 Å². The van der Waals surface area contributed by atoms with E-state index in [9.17, 15) is 9.18 Å². The molecule has 0 atom stereocenters. The molecule has 3 rings (SSSR count). The molecular weight excluding hydrogens is 394 g/mol. The number of nitrogens with one attached hydrogen (secondary N) is 1. The van der Waals surface area contributed by atoms with Gasteiger partial charge in [-0.05, 0) is 77.4 Å². The molecule has 1 saturated carbocycles. The molecule has 1 aliphatic rings. The molecule has 0 heterocycles. The van der Waals surface area contributed by atoms with Gasteiger partial charge < -0.3 is 5.32 Å². The maximum Gasteiger partial charge on any atom is 0.235 e. The lowest BCUT2D eigenvalue weighted by Gasteiger charge is -2.16. The zero-order chi connectivity index (χ0) is 15.7. The third kappa shape index (κ3) is 2.83. The second-order valence-electron chi connectivity index (χ2n) is 5.39. The van der Waals surface area contributed by atoms with Gasteiger partial charge in [0.05, 0.1) is 17.0 Å². The number of carbonyl (C=O) groups excluding carboxylic acids is 1. The van der Waals surface area contributed by atoms with Crippen LogP contribution in [-0.2, 0) is 10.2 Å². The number of amides is 1. The van der Waals surface area contributed by atoms with Crippen molar-refractivity contribution in [3.8, 4) is 6.07 Å². The van der Waals surface area contributed by atoms with Crippen molar-refractivity contribution in [1.29, 1.82) is 5.26 Å². The highest BCUT2D eigenvalue weighted by atomic mass is 127. The average molecular weight is 406 g/mol. The van der Waals surface area contributed by atoms with Gasteiger partial charge in [0, 0.05) is 9.26 Å². The molecule has 0 spiro atoms. The first kappa shape index (κ1) is 15.0. The predicted octanol–water partition coefficient (Wildman–Crippen LogP) is 3.97. The standard InChI is InChI=1S/C17H12FIN2O/c18-13-7-11(10-20)6-12(8-13)17(4-5-17)16(22)21-15-3-1-2-14(19)9-15/h1-3,6-9H,4-5H2,(H,21,22). The Bertz CT molecular complexity index is 793. The van der Waals surface area contributed by atoms with Gasteiger partial charge in [-0.3, -0.25) is 4.79 Å². The Labute approximate surface area is 141 Å². The van der Waals surface area contributed by atoms with Gasteiger partial charge in [-0.2, -0.15) is 5.26 Å². The lowest BCUT2D eigenvalue weighted by molar-refractivity contribution is -0.118. The van der Waals surface area contributed by atoms with E-state index in [0.717, 1.165) is 9.26 Å². The van der Waals surface area contributed by atoms with E-state index >= 15 is 0 Å². The van der Waals surface area contributed by atoms with Crippen LogP contribution in [0.5, 0.6) is 0 Å². The molecule has 22 heavy (non-hydrogen) atoms. The van der Waals surface area contributed by atoms with Crippen LogP contribution in [0.25, 0.3) is 0 Å². The molecule has 1 aliphatic carbocycles. The van der Waals surface area contributed by atoms with Crippen molar-refractivity contribution >= 4 is 34.2 Å². The Morgan fingerprint density at radius 2 is 2.05 bits per heavy atom. The van der Waals surface area contributed by atoms with Crippen LogP contribution in [0.2, 0.25) is 0 Å². The predicted molar refractivity (Wildman–Crippen MR) is 89.8 cm³/mol. The van der Waals surface area contributed by atoms with Gasteiger partial charge in [0.15, 0.2) is 0 Å². The van der Waals surface area contributed by atoms with Crippen LogP contribution in [-0.4, -0.2) is 5.91 Å². The van der Waals surface area contributed by atoms with Gasteiger partial charge >= 0.3 is 0 Å². The number of hydrogen-bond donors (Lipinski definition) is 1. The zero-order valence-electron chi connectivity index (χ0n) is 11.6. The molecule has 2 aromatic rings. The summed E-state index contributed by atoms with van der Waals surface area (Å²) in [4.78, 5) is 12.6. The number of nitriles is 1. The topological polar surface area (TPSA) is 52.9 Å². The van der Waals surface area contributed by atoms with Gasteiger partial charge in [0.1, 0.15) is 5.82 Å². The zero-order valence-corrected chi connectivity index (χ0v) is 13.7. The molecule has 1 fully saturated rings. The van der Waals surface area contributed by atoms with Crippen LogP contribution in [0.1, 0.15) is 24.0 Å². The van der Waals surface area contributed by atoms with Crippen LogP contribution in [0.15, 0.2) is 42.5 Å². The molecule has 110 valence electrons. The SMILES string of the molecule is N#Cc1cc(F)cc(C2(C(=O)Nc3cccc(I)c3)CC2)c1. The van der Waals surface area contributed by atoms with E-state index in [-0.39, 0.29) is 11.5 Å². The maximum absolute atomic E-state index is 13.6. The van der Waals surface area contributed by atoms with Crippen molar-refractivity contribution in [3.05, 3.63) is 63.0 Å². The van der Waals surface area contributed by atoms with Gasteiger partial charge in [-0.1, -0.05) is 6.07 Å². The lowest BCUT2D eigenvalue weighted by Crippen LogP contribution is -2.28. The largest absolute Gasteiger partial charge is 0.325 e. The van der Waals surface area contributed by atoms with E-state index in [1.807, 2.05) is 30.3 Å². The number of nitrogens with zero attached hydrogens (tertiary/aromatic N) is 1. The second-order valence-corrected chi connectivity index (χ2v) is 6.63. The molecule has 3 nitrogen and oxygen atoms in total. The fourth-order valence-electron chi connectivity index (χ4n) is 2.52. The van der Waals surface area contributed by atoms with E-state index in [1.54, 1.807) is 6.07 Å². The molecule has 0 aliphatic heterocycles. The third-order valence-corrected chi connectivity index (χ3v) is 4.52. The molecule has 0 bridgehead atoms. The molecule has 0 radical (unpaired) electrons. The number of rotatable bonds is 3. The minimum absolute atomic E-state index is 0.149. The van der Waals surface area contributed by atoms with E-state index in [1.165, 1.54) is 12.1 Å². The van der Waals surface area contributed by atoms with Crippen LogP contribution in [0, 0.1) is 20.7 Å². The van der Waals surface area contributed by atoms with Gasteiger partial charge in [0.2, 0.25) is 5.91 Å². The fraction of sp³-hybridized carbons (Fsp3) is 0.176. The van der Waals surface area contributed by atoms with Crippen LogP contribution in [0.3, 0.4) is 0 Å².